The Morgan fingerprint density at radius 1 is 1.43 bits per heavy atom. The minimum absolute atomic E-state index is 0.192. The molecule has 0 spiro atoms. The second-order valence-corrected chi connectivity index (χ2v) is 5.94. The standard InChI is InChI=1S/C14H14N2O4S/c1-7-6-9(16-20-7)12(17)15-13-11(14(18)19-2)8-4-3-5-10(8)21-13/h6H,3-5H2,1-2H3,(H,15,17). The van der Waals surface area contributed by atoms with Crippen molar-refractivity contribution in [2.75, 3.05) is 12.4 Å². The molecule has 6 nitrogen and oxygen atoms in total. The molecule has 110 valence electrons. The van der Waals surface area contributed by atoms with E-state index in [4.69, 9.17) is 9.26 Å². The number of aromatic nitrogens is 1. The number of amides is 1. The van der Waals surface area contributed by atoms with Crippen LogP contribution in [0.4, 0.5) is 5.00 Å². The number of nitrogens with zero attached hydrogens (tertiary/aromatic N) is 1. The number of ether oxygens (including phenoxy) is 1. The number of anilines is 1. The Balaban J connectivity index is 1.92. The molecule has 0 aromatic carbocycles. The van der Waals surface area contributed by atoms with Gasteiger partial charge in [-0.05, 0) is 31.7 Å². The number of esters is 1. The molecular weight excluding hydrogens is 292 g/mol. The van der Waals surface area contributed by atoms with Crippen LogP contribution in [0.1, 0.15) is 43.5 Å². The first kappa shape index (κ1) is 13.8. The van der Waals surface area contributed by atoms with Gasteiger partial charge in [-0.25, -0.2) is 4.79 Å². The van der Waals surface area contributed by atoms with Crippen molar-refractivity contribution in [1.29, 1.82) is 0 Å². The summed E-state index contributed by atoms with van der Waals surface area (Å²) in [5, 5.41) is 6.94. The third kappa shape index (κ3) is 2.44. The summed E-state index contributed by atoms with van der Waals surface area (Å²) in [5.74, 6) is -0.250. The van der Waals surface area contributed by atoms with Gasteiger partial charge in [-0.3, -0.25) is 4.79 Å². The average Bonchev–Trinajstić information content (AvgIpc) is 3.13. The molecule has 1 aliphatic carbocycles. The third-order valence-corrected chi connectivity index (χ3v) is 4.61. The van der Waals surface area contributed by atoms with Crippen molar-refractivity contribution in [3.8, 4) is 0 Å². The van der Waals surface area contributed by atoms with Crippen molar-refractivity contribution in [1.82, 2.24) is 5.16 Å². The van der Waals surface area contributed by atoms with Gasteiger partial charge >= 0.3 is 5.97 Å². The molecule has 7 heteroatoms. The zero-order chi connectivity index (χ0) is 15.0. The lowest BCUT2D eigenvalue weighted by atomic mass is 10.1. The fourth-order valence-corrected chi connectivity index (χ4v) is 3.72. The number of thiophene rings is 1. The number of hydrogen-bond acceptors (Lipinski definition) is 6. The second kappa shape index (κ2) is 5.33. The predicted octanol–water partition coefficient (Wildman–Crippen LogP) is 2.57. The number of fused-ring (bicyclic) bond motifs is 1. The smallest absolute Gasteiger partial charge is 0.341 e. The lowest BCUT2D eigenvalue weighted by molar-refractivity contribution is 0.0601. The van der Waals surface area contributed by atoms with Gasteiger partial charge in [-0.1, -0.05) is 5.16 Å². The molecular formula is C14H14N2O4S. The van der Waals surface area contributed by atoms with Crippen LogP contribution in [-0.4, -0.2) is 24.1 Å². The molecule has 0 saturated carbocycles. The lowest BCUT2D eigenvalue weighted by Gasteiger charge is -2.05. The highest BCUT2D eigenvalue weighted by atomic mass is 32.1. The summed E-state index contributed by atoms with van der Waals surface area (Å²) in [4.78, 5) is 25.3. The number of aryl methyl sites for hydroxylation is 2. The summed E-state index contributed by atoms with van der Waals surface area (Å²) in [6, 6.07) is 1.55. The quantitative estimate of drug-likeness (QED) is 0.881. The molecule has 0 bridgehead atoms. The first-order chi connectivity index (χ1) is 10.1. The van der Waals surface area contributed by atoms with Gasteiger partial charge in [0.25, 0.3) is 5.91 Å². The Hall–Kier alpha value is -2.15. The molecule has 0 aliphatic heterocycles. The van der Waals surface area contributed by atoms with E-state index < -0.39 is 11.9 Å². The lowest BCUT2D eigenvalue weighted by Crippen LogP contribution is -2.14. The van der Waals surface area contributed by atoms with E-state index in [-0.39, 0.29) is 5.69 Å². The Labute approximate surface area is 125 Å². The van der Waals surface area contributed by atoms with Crippen molar-refractivity contribution in [2.45, 2.75) is 26.2 Å². The van der Waals surface area contributed by atoms with Crippen molar-refractivity contribution < 1.29 is 18.8 Å². The maximum absolute atomic E-state index is 12.1. The first-order valence-corrected chi connectivity index (χ1v) is 7.39. The largest absolute Gasteiger partial charge is 0.465 e. The molecule has 2 aromatic heterocycles. The van der Waals surface area contributed by atoms with Gasteiger partial charge in [0.05, 0.1) is 12.7 Å². The number of nitrogens with one attached hydrogen (secondary N) is 1. The van der Waals surface area contributed by atoms with E-state index in [0.717, 1.165) is 29.7 Å². The summed E-state index contributed by atoms with van der Waals surface area (Å²) >= 11 is 1.43. The number of rotatable bonds is 3. The van der Waals surface area contributed by atoms with Crippen molar-refractivity contribution >= 4 is 28.2 Å². The fourth-order valence-electron chi connectivity index (χ4n) is 2.45. The molecule has 0 atom stereocenters. The third-order valence-electron chi connectivity index (χ3n) is 3.40. The van der Waals surface area contributed by atoms with Crippen LogP contribution in [0.25, 0.3) is 0 Å². The van der Waals surface area contributed by atoms with E-state index >= 15 is 0 Å². The van der Waals surface area contributed by atoms with Crippen molar-refractivity contribution in [3.63, 3.8) is 0 Å². The maximum atomic E-state index is 12.1. The summed E-state index contributed by atoms with van der Waals surface area (Å²) < 4.78 is 9.72. The molecule has 2 aromatic rings. The first-order valence-electron chi connectivity index (χ1n) is 6.57. The Morgan fingerprint density at radius 3 is 2.90 bits per heavy atom. The SMILES string of the molecule is COC(=O)c1c(NC(=O)c2cc(C)on2)sc2c1CCC2. The van der Waals surface area contributed by atoms with Crippen LogP contribution >= 0.6 is 11.3 Å². The number of carbonyl (C=O) groups is 2. The molecule has 21 heavy (non-hydrogen) atoms. The molecule has 1 amide bonds. The Morgan fingerprint density at radius 2 is 2.24 bits per heavy atom. The van der Waals surface area contributed by atoms with E-state index in [1.165, 1.54) is 18.4 Å². The second-order valence-electron chi connectivity index (χ2n) is 4.83. The van der Waals surface area contributed by atoms with Crippen LogP contribution in [0, 0.1) is 6.92 Å². The zero-order valence-corrected chi connectivity index (χ0v) is 12.5. The molecule has 0 fully saturated rings. The average molecular weight is 306 g/mol. The van der Waals surface area contributed by atoms with Crippen LogP contribution in [0.3, 0.4) is 0 Å². The normalized spacial score (nSPS) is 13.0. The minimum atomic E-state index is -0.416. The van der Waals surface area contributed by atoms with Crippen molar-refractivity contribution in [3.05, 3.63) is 33.5 Å². The monoisotopic (exact) mass is 306 g/mol. The van der Waals surface area contributed by atoms with Crippen LogP contribution in [0.2, 0.25) is 0 Å². The predicted molar refractivity (Wildman–Crippen MR) is 76.9 cm³/mol. The van der Waals surface area contributed by atoms with Gasteiger partial charge in [0.2, 0.25) is 0 Å². The highest BCUT2D eigenvalue weighted by Gasteiger charge is 2.28. The van der Waals surface area contributed by atoms with E-state index in [1.54, 1.807) is 13.0 Å². The molecule has 0 unspecified atom stereocenters. The summed E-state index contributed by atoms with van der Waals surface area (Å²) in [7, 11) is 1.34. The summed E-state index contributed by atoms with van der Waals surface area (Å²) in [6.07, 6.45) is 2.81. The van der Waals surface area contributed by atoms with Gasteiger partial charge in [0.15, 0.2) is 5.69 Å². The van der Waals surface area contributed by atoms with E-state index in [1.807, 2.05) is 0 Å². The molecule has 1 N–H and O–H groups in total. The van der Waals surface area contributed by atoms with E-state index in [9.17, 15) is 9.59 Å². The van der Waals surface area contributed by atoms with Gasteiger partial charge in [0.1, 0.15) is 10.8 Å². The van der Waals surface area contributed by atoms with E-state index in [2.05, 4.69) is 10.5 Å². The molecule has 0 radical (unpaired) electrons. The minimum Gasteiger partial charge on any atom is -0.465 e. The Bertz CT molecular complexity index is 717. The van der Waals surface area contributed by atoms with Crippen LogP contribution in [0.15, 0.2) is 10.6 Å². The van der Waals surface area contributed by atoms with Crippen LogP contribution in [0.5, 0.6) is 0 Å². The van der Waals surface area contributed by atoms with Gasteiger partial charge < -0.3 is 14.6 Å². The Kier molecular flexibility index (Phi) is 3.50. The van der Waals surface area contributed by atoms with Gasteiger partial charge in [0, 0.05) is 10.9 Å². The van der Waals surface area contributed by atoms with E-state index in [0.29, 0.717) is 16.3 Å². The molecule has 1 aliphatic rings. The highest BCUT2D eigenvalue weighted by molar-refractivity contribution is 7.17. The zero-order valence-electron chi connectivity index (χ0n) is 11.7. The summed E-state index contributed by atoms with van der Waals surface area (Å²) in [6.45, 7) is 1.71. The summed E-state index contributed by atoms with van der Waals surface area (Å²) in [5.41, 5.74) is 1.67. The molecule has 3 rings (SSSR count). The van der Waals surface area contributed by atoms with Crippen LogP contribution in [-0.2, 0) is 17.6 Å². The van der Waals surface area contributed by atoms with Crippen molar-refractivity contribution in [2.24, 2.45) is 0 Å². The van der Waals surface area contributed by atoms with Crippen LogP contribution < -0.4 is 5.32 Å². The number of carbonyl (C=O) groups excluding carboxylic acids is 2. The van der Waals surface area contributed by atoms with Gasteiger partial charge in [-0.2, -0.15) is 0 Å². The highest BCUT2D eigenvalue weighted by Crippen LogP contribution is 2.39. The number of methoxy groups -OCH3 is 1. The topological polar surface area (TPSA) is 81.4 Å². The van der Waals surface area contributed by atoms with Gasteiger partial charge in [-0.15, -0.1) is 11.3 Å². The molecule has 2 heterocycles. The fraction of sp³-hybridized carbons (Fsp3) is 0.357. The number of hydrogen-bond donors (Lipinski definition) is 1. The molecule has 0 saturated heterocycles. The maximum Gasteiger partial charge on any atom is 0.341 e.